The lowest BCUT2D eigenvalue weighted by molar-refractivity contribution is 0.108. The summed E-state index contributed by atoms with van der Waals surface area (Å²) in [6.45, 7) is 1.94. The average Bonchev–Trinajstić information content (AvgIpc) is 3.45. The third-order valence-corrected chi connectivity index (χ3v) is 7.22. The molecule has 2 fully saturated rings. The number of oxazole rings is 1. The van der Waals surface area contributed by atoms with Crippen molar-refractivity contribution >= 4 is 22.7 Å². The van der Waals surface area contributed by atoms with Gasteiger partial charge in [0.25, 0.3) is 0 Å². The number of rotatable bonds is 6. The standard InChI is InChI=1S/C28H26N4O3/c1-17(18-5-6-18)35-28(33)31-21-10-7-19(8-11-21)26-24(16-29)23-12-9-20(27-30-13-14-34-27)15-25(23)32(26)22-3-2-4-22/h7-15,17-18,22H,2-6H2,1H3,(H,31,33)/t17-/m1/s1. The third kappa shape index (κ3) is 3.95. The van der Waals surface area contributed by atoms with Crippen LogP contribution in [0.25, 0.3) is 33.6 Å². The molecule has 0 saturated heterocycles. The average molecular weight is 467 g/mol. The van der Waals surface area contributed by atoms with E-state index in [1.54, 1.807) is 12.5 Å². The fourth-order valence-corrected chi connectivity index (χ4v) is 4.92. The van der Waals surface area contributed by atoms with Gasteiger partial charge in [-0.1, -0.05) is 18.2 Å². The maximum Gasteiger partial charge on any atom is 0.411 e. The molecule has 2 aliphatic rings. The molecule has 2 saturated carbocycles. The van der Waals surface area contributed by atoms with Crippen LogP contribution >= 0.6 is 0 Å². The maximum absolute atomic E-state index is 12.3. The predicted octanol–water partition coefficient (Wildman–Crippen LogP) is 6.91. The van der Waals surface area contributed by atoms with E-state index >= 15 is 0 Å². The van der Waals surface area contributed by atoms with E-state index in [1.807, 2.05) is 43.3 Å². The van der Waals surface area contributed by atoms with Crippen LogP contribution in [0.4, 0.5) is 10.5 Å². The maximum atomic E-state index is 12.3. The van der Waals surface area contributed by atoms with Gasteiger partial charge in [-0.05, 0) is 74.8 Å². The molecule has 2 aliphatic carbocycles. The normalized spacial score (nSPS) is 16.5. The number of carbonyl (C=O) groups excluding carboxylic acids is 1. The summed E-state index contributed by atoms with van der Waals surface area (Å²) in [7, 11) is 0. The SMILES string of the molecule is C[C@@H](OC(=O)Nc1ccc(-c2c(C#N)c3ccc(-c4ncco4)cc3n2C2CCC2)cc1)C1CC1. The lowest BCUT2D eigenvalue weighted by Crippen LogP contribution is -2.21. The number of nitriles is 1. The molecule has 0 unspecified atom stereocenters. The number of anilines is 1. The molecule has 1 amide bonds. The second-order valence-corrected chi connectivity index (χ2v) is 9.51. The van der Waals surface area contributed by atoms with Crippen molar-refractivity contribution in [1.29, 1.82) is 5.26 Å². The summed E-state index contributed by atoms with van der Waals surface area (Å²) in [5.41, 5.74) is 5.06. The van der Waals surface area contributed by atoms with Crippen LogP contribution in [0.1, 0.15) is 50.6 Å². The lowest BCUT2D eigenvalue weighted by Gasteiger charge is -2.30. The summed E-state index contributed by atoms with van der Waals surface area (Å²) in [6.07, 6.45) is 8.28. The van der Waals surface area contributed by atoms with E-state index in [1.165, 1.54) is 6.42 Å². The molecular weight excluding hydrogens is 440 g/mol. The van der Waals surface area contributed by atoms with E-state index in [2.05, 4.69) is 27.0 Å². The van der Waals surface area contributed by atoms with Crippen LogP contribution < -0.4 is 5.32 Å². The van der Waals surface area contributed by atoms with Crippen molar-refractivity contribution in [2.24, 2.45) is 5.92 Å². The Bertz CT molecular complexity index is 1420. The fourth-order valence-electron chi connectivity index (χ4n) is 4.92. The van der Waals surface area contributed by atoms with Crippen LogP contribution in [-0.2, 0) is 4.74 Å². The third-order valence-electron chi connectivity index (χ3n) is 7.22. The van der Waals surface area contributed by atoms with Crippen LogP contribution in [0.5, 0.6) is 0 Å². The first-order valence-electron chi connectivity index (χ1n) is 12.2. The quantitative estimate of drug-likeness (QED) is 0.333. The van der Waals surface area contributed by atoms with Crippen LogP contribution in [0, 0.1) is 17.2 Å². The number of fused-ring (bicyclic) bond motifs is 1. The zero-order valence-corrected chi connectivity index (χ0v) is 19.5. The van der Waals surface area contributed by atoms with Crippen LogP contribution in [0.15, 0.2) is 59.3 Å². The molecule has 2 heterocycles. The highest BCUT2D eigenvalue weighted by atomic mass is 16.6. The Morgan fingerprint density at radius 1 is 1.17 bits per heavy atom. The molecule has 6 rings (SSSR count). The van der Waals surface area contributed by atoms with Crippen molar-refractivity contribution in [3.05, 3.63) is 60.5 Å². The van der Waals surface area contributed by atoms with Gasteiger partial charge in [-0.15, -0.1) is 0 Å². The molecule has 0 aliphatic heterocycles. The Hall–Kier alpha value is -4.05. The monoisotopic (exact) mass is 466 g/mol. The molecule has 7 nitrogen and oxygen atoms in total. The minimum absolute atomic E-state index is 0.0630. The van der Waals surface area contributed by atoms with Gasteiger partial charge in [-0.25, -0.2) is 9.78 Å². The predicted molar refractivity (Wildman–Crippen MR) is 133 cm³/mol. The van der Waals surface area contributed by atoms with E-state index in [0.29, 0.717) is 29.1 Å². The van der Waals surface area contributed by atoms with Gasteiger partial charge in [0.1, 0.15) is 18.4 Å². The van der Waals surface area contributed by atoms with E-state index in [0.717, 1.165) is 53.4 Å². The molecule has 2 aromatic heterocycles. The summed E-state index contributed by atoms with van der Waals surface area (Å²) in [4.78, 5) is 16.5. The Morgan fingerprint density at radius 3 is 2.57 bits per heavy atom. The summed E-state index contributed by atoms with van der Waals surface area (Å²) in [5, 5.41) is 13.9. The van der Waals surface area contributed by atoms with Crippen LogP contribution in [0.3, 0.4) is 0 Å². The van der Waals surface area contributed by atoms with Crippen LogP contribution in [-0.4, -0.2) is 21.7 Å². The number of benzene rings is 2. The molecular formula is C28H26N4O3. The molecule has 0 spiro atoms. The molecule has 0 bridgehead atoms. The Labute approximate surface area is 203 Å². The van der Waals surface area contributed by atoms with E-state index in [4.69, 9.17) is 9.15 Å². The topological polar surface area (TPSA) is 93.1 Å². The van der Waals surface area contributed by atoms with Gasteiger partial charge in [-0.2, -0.15) is 5.26 Å². The minimum atomic E-state index is -0.433. The van der Waals surface area contributed by atoms with Gasteiger partial charge in [0, 0.05) is 22.7 Å². The van der Waals surface area contributed by atoms with Crippen molar-refractivity contribution in [3.63, 3.8) is 0 Å². The van der Waals surface area contributed by atoms with Gasteiger partial charge in [0.2, 0.25) is 5.89 Å². The van der Waals surface area contributed by atoms with E-state index < -0.39 is 6.09 Å². The second kappa shape index (κ2) is 8.62. The number of ether oxygens (including phenoxy) is 1. The molecule has 1 N–H and O–H groups in total. The number of hydrogen-bond acceptors (Lipinski definition) is 5. The first kappa shape index (κ1) is 21.5. The first-order valence-corrected chi connectivity index (χ1v) is 12.2. The summed E-state index contributed by atoms with van der Waals surface area (Å²) >= 11 is 0. The summed E-state index contributed by atoms with van der Waals surface area (Å²) in [6, 6.07) is 16.4. The number of aromatic nitrogens is 2. The zero-order chi connectivity index (χ0) is 23.9. The van der Waals surface area contributed by atoms with Gasteiger partial charge in [0.15, 0.2) is 0 Å². The summed E-state index contributed by atoms with van der Waals surface area (Å²) < 4.78 is 13.3. The number of nitrogens with one attached hydrogen (secondary N) is 1. The van der Waals surface area contributed by atoms with E-state index in [9.17, 15) is 10.1 Å². The molecule has 176 valence electrons. The number of amides is 1. The van der Waals surface area contributed by atoms with Gasteiger partial charge < -0.3 is 13.7 Å². The highest BCUT2D eigenvalue weighted by Crippen LogP contribution is 2.43. The summed E-state index contributed by atoms with van der Waals surface area (Å²) in [5.74, 6) is 1.05. The number of hydrogen-bond donors (Lipinski definition) is 1. The van der Waals surface area contributed by atoms with Crippen molar-refractivity contribution in [2.45, 2.75) is 51.2 Å². The van der Waals surface area contributed by atoms with Gasteiger partial charge >= 0.3 is 6.09 Å². The highest BCUT2D eigenvalue weighted by Gasteiger charge is 2.31. The van der Waals surface area contributed by atoms with E-state index in [-0.39, 0.29) is 6.10 Å². The Balaban J connectivity index is 1.37. The Morgan fingerprint density at radius 2 is 1.94 bits per heavy atom. The largest absolute Gasteiger partial charge is 0.446 e. The molecule has 35 heavy (non-hydrogen) atoms. The molecule has 1 atom stereocenters. The Kier molecular flexibility index (Phi) is 5.29. The molecule has 2 aromatic carbocycles. The minimum Gasteiger partial charge on any atom is -0.446 e. The van der Waals surface area contributed by atoms with Crippen molar-refractivity contribution in [3.8, 4) is 28.8 Å². The number of nitrogens with zero attached hydrogens (tertiary/aromatic N) is 3. The highest BCUT2D eigenvalue weighted by molar-refractivity contribution is 5.97. The molecule has 0 radical (unpaired) electrons. The van der Waals surface area contributed by atoms with Gasteiger partial charge in [-0.3, -0.25) is 5.32 Å². The fraction of sp³-hybridized carbons (Fsp3) is 0.321. The molecule has 4 aromatic rings. The zero-order valence-electron chi connectivity index (χ0n) is 19.5. The smallest absolute Gasteiger partial charge is 0.411 e. The number of carbonyl (C=O) groups is 1. The first-order chi connectivity index (χ1) is 17.1. The van der Waals surface area contributed by atoms with Gasteiger partial charge in [0.05, 0.1) is 23.0 Å². The van der Waals surface area contributed by atoms with Crippen molar-refractivity contribution in [2.75, 3.05) is 5.32 Å². The lowest BCUT2D eigenvalue weighted by atomic mass is 9.92. The van der Waals surface area contributed by atoms with Crippen molar-refractivity contribution < 1.29 is 13.9 Å². The van der Waals surface area contributed by atoms with Crippen LogP contribution in [0.2, 0.25) is 0 Å². The van der Waals surface area contributed by atoms with Crippen molar-refractivity contribution in [1.82, 2.24) is 9.55 Å². The second-order valence-electron chi connectivity index (χ2n) is 9.51. The molecule has 7 heteroatoms.